The minimum atomic E-state index is -3.81. The van der Waals surface area contributed by atoms with Gasteiger partial charge in [0.05, 0.1) is 32.3 Å². The van der Waals surface area contributed by atoms with Crippen LogP contribution in [0.1, 0.15) is 29.3 Å². The summed E-state index contributed by atoms with van der Waals surface area (Å²) in [5.41, 5.74) is 1.19. The van der Waals surface area contributed by atoms with E-state index in [1.807, 2.05) is 12.1 Å². The molecular formula is C24H32N2O6S. The molecule has 0 bridgehead atoms. The van der Waals surface area contributed by atoms with Crippen LogP contribution in [0, 0.1) is 0 Å². The van der Waals surface area contributed by atoms with Gasteiger partial charge in [-0.25, -0.2) is 8.42 Å². The molecule has 33 heavy (non-hydrogen) atoms. The van der Waals surface area contributed by atoms with Gasteiger partial charge in [0, 0.05) is 37.3 Å². The summed E-state index contributed by atoms with van der Waals surface area (Å²) in [5.74, 6) is 0.953. The predicted octanol–water partition coefficient (Wildman–Crippen LogP) is 2.82. The Morgan fingerprint density at radius 2 is 1.76 bits per heavy atom. The minimum absolute atomic E-state index is 0.109. The highest BCUT2D eigenvalue weighted by atomic mass is 32.2. The van der Waals surface area contributed by atoms with Crippen LogP contribution in [0.5, 0.6) is 11.5 Å². The average Bonchev–Trinajstić information content (AvgIpc) is 2.83. The molecule has 3 rings (SSSR count). The lowest BCUT2D eigenvalue weighted by Crippen LogP contribution is -2.39. The van der Waals surface area contributed by atoms with Crippen molar-refractivity contribution in [3.05, 3.63) is 53.6 Å². The van der Waals surface area contributed by atoms with Gasteiger partial charge < -0.3 is 14.2 Å². The Labute approximate surface area is 196 Å². The molecule has 0 radical (unpaired) electrons. The summed E-state index contributed by atoms with van der Waals surface area (Å²) in [6.45, 7) is 5.82. The smallest absolute Gasteiger partial charge is 0.243 e. The molecule has 0 N–H and O–H groups in total. The predicted molar refractivity (Wildman–Crippen MR) is 125 cm³/mol. The Morgan fingerprint density at radius 1 is 1.06 bits per heavy atom. The van der Waals surface area contributed by atoms with E-state index in [2.05, 4.69) is 4.90 Å². The number of nitrogens with zero attached hydrogens (tertiary/aromatic N) is 2. The first kappa shape index (κ1) is 25.2. The van der Waals surface area contributed by atoms with E-state index in [4.69, 9.17) is 14.2 Å². The Kier molecular flexibility index (Phi) is 8.85. The number of morpholine rings is 1. The third-order valence-electron chi connectivity index (χ3n) is 5.72. The zero-order valence-corrected chi connectivity index (χ0v) is 20.3. The first-order valence-corrected chi connectivity index (χ1v) is 12.4. The van der Waals surface area contributed by atoms with Gasteiger partial charge in [-0.3, -0.25) is 9.69 Å². The fraction of sp³-hybridized carbons (Fsp3) is 0.458. The Hall–Kier alpha value is -2.46. The minimum Gasteiger partial charge on any atom is -0.493 e. The van der Waals surface area contributed by atoms with Gasteiger partial charge in [0.15, 0.2) is 17.3 Å². The van der Waals surface area contributed by atoms with Gasteiger partial charge in [-0.2, -0.15) is 4.31 Å². The maximum absolute atomic E-state index is 13.6. The molecule has 8 nitrogen and oxygen atoms in total. The largest absolute Gasteiger partial charge is 0.493 e. The first-order valence-electron chi connectivity index (χ1n) is 11.0. The second-order valence-corrected chi connectivity index (χ2v) is 9.82. The van der Waals surface area contributed by atoms with Crippen molar-refractivity contribution in [1.29, 1.82) is 0 Å². The van der Waals surface area contributed by atoms with Crippen LogP contribution in [0.4, 0.5) is 0 Å². The van der Waals surface area contributed by atoms with Gasteiger partial charge in [0.2, 0.25) is 10.0 Å². The maximum Gasteiger partial charge on any atom is 0.243 e. The van der Waals surface area contributed by atoms with Crippen LogP contribution >= 0.6 is 0 Å². The number of ether oxygens (including phenoxy) is 3. The second-order valence-electron chi connectivity index (χ2n) is 7.88. The number of rotatable bonds is 11. The van der Waals surface area contributed by atoms with Crippen LogP contribution < -0.4 is 9.47 Å². The van der Waals surface area contributed by atoms with Gasteiger partial charge in [-0.15, -0.1) is 0 Å². The van der Waals surface area contributed by atoms with Crippen LogP contribution in [-0.2, 0) is 21.3 Å². The summed E-state index contributed by atoms with van der Waals surface area (Å²) in [5, 5.41) is 0. The number of methoxy groups -OCH3 is 2. The van der Waals surface area contributed by atoms with Crippen LogP contribution in [0.3, 0.4) is 0 Å². The van der Waals surface area contributed by atoms with E-state index >= 15 is 0 Å². The van der Waals surface area contributed by atoms with Gasteiger partial charge in [-0.1, -0.05) is 24.3 Å². The van der Waals surface area contributed by atoms with Crippen molar-refractivity contribution in [2.45, 2.75) is 24.8 Å². The third kappa shape index (κ3) is 6.32. The van der Waals surface area contributed by atoms with Gasteiger partial charge >= 0.3 is 0 Å². The van der Waals surface area contributed by atoms with E-state index in [0.29, 0.717) is 48.8 Å². The van der Waals surface area contributed by atoms with E-state index in [9.17, 15) is 13.2 Å². The zero-order chi connectivity index (χ0) is 23.8. The summed E-state index contributed by atoms with van der Waals surface area (Å²) in [7, 11) is -0.715. The molecule has 1 aliphatic rings. The van der Waals surface area contributed by atoms with Crippen LogP contribution in [0.2, 0.25) is 0 Å². The Balaban J connectivity index is 1.86. The van der Waals surface area contributed by atoms with E-state index < -0.39 is 10.0 Å². The average molecular weight is 477 g/mol. The number of carbonyl (C=O) groups excluding carboxylic acids is 1. The number of sulfonamides is 1. The summed E-state index contributed by atoms with van der Waals surface area (Å²) in [6.07, 6.45) is 0.678. The molecule has 0 aromatic heterocycles. The maximum atomic E-state index is 13.6. The molecule has 1 aliphatic heterocycles. The number of Topliss-reactive ketones (excluding diaryl/α,β-unsaturated/α-hetero) is 1. The quantitative estimate of drug-likeness (QED) is 0.461. The number of para-hydroxylation sites is 1. The Bertz CT molecular complexity index is 1030. The number of carbonyl (C=O) groups is 1. The first-order chi connectivity index (χ1) is 15.9. The fourth-order valence-electron chi connectivity index (χ4n) is 3.86. The van der Waals surface area contributed by atoms with Crippen LogP contribution in [0.15, 0.2) is 47.4 Å². The number of ketones is 1. The summed E-state index contributed by atoms with van der Waals surface area (Å²) < 4.78 is 44.9. The van der Waals surface area contributed by atoms with Crippen molar-refractivity contribution in [2.24, 2.45) is 0 Å². The standard InChI is InChI=1S/C24H32N2O6S/c1-19(27)20-8-10-22(11-9-20)33(28,29)26(13-5-12-25-14-16-32-17-15-25)18-21-6-4-7-23(30-2)24(21)31-3/h4,6-11H,5,12-18H2,1-3H3. The molecule has 1 heterocycles. The molecule has 0 amide bonds. The molecule has 0 unspecified atom stereocenters. The third-order valence-corrected chi connectivity index (χ3v) is 7.57. The lowest BCUT2D eigenvalue weighted by atomic mass is 10.2. The molecule has 0 saturated carbocycles. The Morgan fingerprint density at radius 3 is 2.36 bits per heavy atom. The molecule has 2 aromatic carbocycles. The van der Waals surface area contributed by atoms with Crippen molar-refractivity contribution in [1.82, 2.24) is 9.21 Å². The number of hydrogen-bond donors (Lipinski definition) is 0. The fourth-order valence-corrected chi connectivity index (χ4v) is 5.32. The molecule has 2 aromatic rings. The van der Waals surface area contributed by atoms with E-state index in [1.165, 1.54) is 23.4 Å². The van der Waals surface area contributed by atoms with E-state index in [0.717, 1.165) is 19.6 Å². The molecular weight excluding hydrogens is 444 g/mol. The molecule has 1 fully saturated rings. The van der Waals surface area contributed by atoms with Crippen LogP contribution in [-0.4, -0.2) is 77.0 Å². The van der Waals surface area contributed by atoms with Gasteiger partial charge in [-0.05, 0) is 38.1 Å². The van der Waals surface area contributed by atoms with Crippen molar-refractivity contribution in [3.63, 3.8) is 0 Å². The summed E-state index contributed by atoms with van der Waals surface area (Å²) in [6, 6.07) is 11.5. The molecule has 0 spiro atoms. The SMILES string of the molecule is COc1cccc(CN(CCCN2CCOCC2)S(=O)(=O)c2ccc(C(C)=O)cc2)c1OC. The summed E-state index contributed by atoms with van der Waals surface area (Å²) in [4.78, 5) is 14.0. The molecule has 9 heteroatoms. The van der Waals surface area contributed by atoms with Crippen molar-refractivity contribution in [2.75, 3.05) is 53.6 Å². The van der Waals surface area contributed by atoms with Crippen molar-refractivity contribution >= 4 is 15.8 Å². The monoisotopic (exact) mass is 476 g/mol. The molecule has 0 aliphatic carbocycles. The van der Waals surface area contributed by atoms with Crippen LogP contribution in [0.25, 0.3) is 0 Å². The topological polar surface area (TPSA) is 85.4 Å². The molecule has 1 saturated heterocycles. The zero-order valence-electron chi connectivity index (χ0n) is 19.5. The van der Waals surface area contributed by atoms with E-state index in [1.54, 1.807) is 32.4 Å². The normalized spacial score (nSPS) is 14.9. The highest BCUT2D eigenvalue weighted by Gasteiger charge is 2.26. The number of benzene rings is 2. The lowest BCUT2D eigenvalue weighted by Gasteiger charge is -2.28. The van der Waals surface area contributed by atoms with Crippen molar-refractivity contribution in [3.8, 4) is 11.5 Å². The van der Waals surface area contributed by atoms with Crippen molar-refractivity contribution < 1.29 is 27.4 Å². The summed E-state index contributed by atoms with van der Waals surface area (Å²) >= 11 is 0. The highest BCUT2D eigenvalue weighted by molar-refractivity contribution is 7.89. The van der Waals surface area contributed by atoms with Gasteiger partial charge in [0.1, 0.15) is 0 Å². The van der Waals surface area contributed by atoms with Gasteiger partial charge in [0.25, 0.3) is 0 Å². The van der Waals surface area contributed by atoms with E-state index in [-0.39, 0.29) is 17.2 Å². The second kappa shape index (κ2) is 11.6. The molecule has 0 atom stereocenters. The number of hydrogen-bond acceptors (Lipinski definition) is 7. The highest BCUT2D eigenvalue weighted by Crippen LogP contribution is 2.32. The lowest BCUT2D eigenvalue weighted by molar-refractivity contribution is 0.0368. The molecule has 180 valence electrons.